The average Bonchev–Trinajstić information content (AvgIpc) is 2.77. The molecule has 20 heavy (non-hydrogen) atoms. The molecule has 1 aromatic carbocycles. The fraction of sp³-hybridized carbons (Fsp3) is 0.182. The summed E-state index contributed by atoms with van der Waals surface area (Å²) in [6.45, 7) is 1.87. The molecule has 5 nitrogen and oxygen atoms in total. The van der Waals surface area contributed by atoms with Crippen molar-refractivity contribution in [3.8, 4) is 0 Å². The second-order valence-electron chi connectivity index (χ2n) is 3.98. The number of anilines is 1. The quantitative estimate of drug-likeness (QED) is 0.798. The predicted octanol–water partition coefficient (Wildman–Crippen LogP) is 2.41. The van der Waals surface area contributed by atoms with Crippen molar-refractivity contribution >= 4 is 43.0 Å². The molecule has 0 bridgehead atoms. The lowest BCUT2D eigenvalue weighted by Gasteiger charge is -2.08. The molecule has 0 aliphatic heterocycles. The van der Waals surface area contributed by atoms with Gasteiger partial charge in [0.05, 0.1) is 9.48 Å². The summed E-state index contributed by atoms with van der Waals surface area (Å²) in [6.07, 6.45) is 1.58. The predicted molar refractivity (Wildman–Crippen MR) is 79.4 cm³/mol. The van der Waals surface area contributed by atoms with Gasteiger partial charge in [-0.15, -0.1) is 11.3 Å². The Morgan fingerprint density at radius 1 is 1.50 bits per heavy atom. The highest BCUT2D eigenvalue weighted by atomic mass is 79.9. The third kappa shape index (κ3) is 3.35. The van der Waals surface area contributed by atoms with E-state index in [0.29, 0.717) is 0 Å². The summed E-state index contributed by atoms with van der Waals surface area (Å²) in [5, 5.41) is 0.831. The van der Waals surface area contributed by atoms with Crippen molar-refractivity contribution in [2.45, 2.75) is 18.4 Å². The fourth-order valence-electron chi connectivity index (χ4n) is 1.51. The minimum Gasteiger partial charge on any atom is -0.399 e. The van der Waals surface area contributed by atoms with E-state index in [1.807, 2.05) is 6.92 Å². The summed E-state index contributed by atoms with van der Waals surface area (Å²) in [6, 6.07) is 2.39. The second-order valence-corrected chi connectivity index (χ2v) is 7.89. The van der Waals surface area contributed by atoms with Gasteiger partial charge >= 0.3 is 0 Å². The summed E-state index contributed by atoms with van der Waals surface area (Å²) in [4.78, 5) is 4.28. The van der Waals surface area contributed by atoms with Gasteiger partial charge in [-0.25, -0.2) is 22.5 Å². The lowest BCUT2D eigenvalue weighted by atomic mass is 10.3. The number of hydrogen-bond acceptors (Lipinski definition) is 5. The van der Waals surface area contributed by atoms with Crippen molar-refractivity contribution in [3.05, 3.63) is 38.5 Å². The molecule has 0 saturated heterocycles. The number of aryl methyl sites for hydroxylation is 1. The van der Waals surface area contributed by atoms with Crippen LogP contribution in [0.15, 0.2) is 27.7 Å². The Morgan fingerprint density at radius 2 is 2.20 bits per heavy atom. The van der Waals surface area contributed by atoms with Crippen LogP contribution in [0.4, 0.5) is 10.1 Å². The fourth-order valence-corrected chi connectivity index (χ4v) is 4.08. The lowest BCUT2D eigenvalue weighted by Crippen LogP contribution is -2.24. The van der Waals surface area contributed by atoms with Crippen LogP contribution in [0, 0.1) is 12.7 Å². The number of hydrogen-bond donors (Lipinski definition) is 2. The maximum absolute atomic E-state index is 13.9. The van der Waals surface area contributed by atoms with Crippen LogP contribution in [-0.4, -0.2) is 13.4 Å². The van der Waals surface area contributed by atoms with E-state index in [1.54, 1.807) is 6.20 Å². The van der Waals surface area contributed by atoms with Gasteiger partial charge in [-0.3, -0.25) is 0 Å². The van der Waals surface area contributed by atoms with Crippen molar-refractivity contribution in [2.75, 3.05) is 5.73 Å². The molecule has 2 aromatic rings. The van der Waals surface area contributed by atoms with Gasteiger partial charge in [0.15, 0.2) is 5.82 Å². The first-order valence-corrected chi connectivity index (χ1v) is 8.54. The molecule has 108 valence electrons. The smallest absolute Gasteiger partial charge is 0.243 e. The Labute approximate surface area is 128 Å². The molecule has 0 atom stereocenters. The first kappa shape index (κ1) is 15.4. The zero-order valence-electron chi connectivity index (χ0n) is 10.4. The average molecular weight is 380 g/mol. The largest absolute Gasteiger partial charge is 0.399 e. The Morgan fingerprint density at radius 3 is 2.80 bits per heavy atom. The molecule has 0 radical (unpaired) electrons. The van der Waals surface area contributed by atoms with E-state index >= 15 is 0 Å². The van der Waals surface area contributed by atoms with Crippen LogP contribution in [0.5, 0.6) is 0 Å². The number of halogens is 2. The van der Waals surface area contributed by atoms with Gasteiger partial charge in [-0.1, -0.05) is 0 Å². The van der Waals surface area contributed by atoms with Crippen molar-refractivity contribution in [3.63, 3.8) is 0 Å². The van der Waals surface area contributed by atoms with Gasteiger partial charge in [0.1, 0.15) is 4.90 Å². The van der Waals surface area contributed by atoms with Gasteiger partial charge < -0.3 is 5.73 Å². The second kappa shape index (κ2) is 5.76. The summed E-state index contributed by atoms with van der Waals surface area (Å²) in [5.41, 5.74) is 5.70. The number of aromatic nitrogens is 1. The first-order valence-electron chi connectivity index (χ1n) is 5.45. The number of sulfonamides is 1. The van der Waals surface area contributed by atoms with E-state index in [-0.39, 0.29) is 16.7 Å². The highest BCUT2D eigenvalue weighted by Gasteiger charge is 2.21. The summed E-state index contributed by atoms with van der Waals surface area (Å²) in [7, 11) is -3.98. The monoisotopic (exact) mass is 379 g/mol. The standard InChI is InChI=1S/C11H11BrFN3O2S2/c1-6-15-4-8(19-6)5-16-20(17,18)10-3-7(14)2-9(12)11(10)13/h2-4,16H,5,14H2,1H3. The topological polar surface area (TPSA) is 85.1 Å². The molecule has 1 heterocycles. The Kier molecular flexibility index (Phi) is 4.43. The summed E-state index contributed by atoms with van der Waals surface area (Å²) >= 11 is 4.30. The SMILES string of the molecule is Cc1ncc(CNS(=O)(=O)c2cc(N)cc(Br)c2F)s1. The van der Waals surface area contributed by atoms with E-state index < -0.39 is 20.7 Å². The highest BCUT2D eigenvalue weighted by molar-refractivity contribution is 9.10. The molecule has 3 N–H and O–H groups in total. The number of nitrogens with two attached hydrogens (primary N) is 1. The molecule has 9 heteroatoms. The number of nitrogens with one attached hydrogen (secondary N) is 1. The summed E-state index contributed by atoms with van der Waals surface area (Å²) in [5.74, 6) is -0.868. The van der Waals surface area contributed by atoms with Gasteiger partial charge in [0.2, 0.25) is 10.0 Å². The molecule has 1 aromatic heterocycles. The zero-order valence-corrected chi connectivity index (χ0v) is 13.6. The van der Waals surface area contributed by atoms with Gasteiger partial charge in [0, 0.05) is 23.3 Å². The van der Waals surface area contributed by atoms with Crippen molar-refractivity contribution in [1.29, 1.82) is 0 Å². The Bertz CT molecular complexity index is 746. The van der Waals surface area contributed by atoms with Crippen molar-refractivity contribution < 1.29 is 12.8 Å². The maximum atomic E-state index is 13.9. The van der Waals surface area contributed by atoms with E-state index in [1.165, 1.54) is 17.4 Å². The van der Waals surface area contributed by atoms with Crippen LogP contribution in [0.2, 0.25) is 0 Å². The molecule has 0 fully saturated rings. The molecular formula is C11H11BrFN3O2S2. The van der Waals surface area contributed by atoms with Crippen LogP contribution in [-0.2, 0) is 16.6 Å². The molecule has 0 aliphatic rings. The van der Waals surface area contributed by atoms with Crippen molar-refractivity contribution in [1.82, 2.24) is 9.71 Å². The maximum Gasteiger partial charge on any atom is 0.243 e. The number of nitrogens with zero attached hydrogens (tertiary/aromatic N) is 1. The van der Waals surface area contributed by atoms with E-state index in [9.17, 15) is 12.8 Å². The first-order chi connectivity index (χ1) is 9.29. The van der Waals surface area contributed by atoms with Crippen LogP contribution >= 0.6 is 27.3 Å². The molecule has 0 amide bonds. The van der Waals surface area contributed by atoms with Crippen LogP contribution in [0.25, 0.3) is 0 Å². The molecule has 0 spiro atoms. The van der Waals surface area contributed by atoms with E-state index in [4.69, 9.17) is 5.73 Å². The normalized spacial score (nSPS) is 11.8. The number of thiazole rings is 1. The molecular weight excluding hydrogens is 369 g/mol. The number of benzene rings is 1. The molecule has 0 saturated carbocycles. The third-order valence-corrected chi connectivity index (χ3v) is 5.30. The Hall–Kier alpha value is -1.03. The minimum atomic E-state index is -3.98. The van der Waals surface area contributed by atoms with Crippen LogP contribution in [0.3, 0.4) is 0 Å². The summed E-state index contributed by atoms with van der Waals surface area (Å²) < 4.78 is 40.4. The molecule has 2 rings (SSSR count). The van der Waals surface area contributed by atoms with Gasteiger partial charge in [-0.2, -0.15) is 0 Å². The van der Waals surface area contributed by atoms with E-state index in [2.05, 4.69) is 25.6 Å². The zero-order chi connectivity index (χ0) is 14.9. The number of nitrogen functional groups attached to an aromatic ring is 1. The van der Waals surface area contributed by atoms with Crippen LogP contribution in [0.1, 0.15) is 9.88 Å². The number of rotatable bonds is 4. The van der Waals surface area contributed by atoms with Gasteiger partial charge in [-0.05, 0) is 35.0 Å². The Balaban J connectivity index is 2.27. The van der Waals surface area contributed by atoms with Gasteiger partial charge in [0.25, 0.3) is 0 Å². The lowest BCUT2D eigenvalue weighted by molar-refractivity contribution is 0.554. The van der Waals surface area contributed by atoms with Crippen molar-refractivity contribution in [2.24, 2.45) is 0 Å². The molecule has 0 aliphatic carbocycles. The highest BCUT2D eigenvalue weighted by Crippen LogP contribution is 2.26. The third-order valence-electron chi connectivity index (χ3n) is 2.41. The minimum absolute atomic E-state index is 0.00603. The van der Waals surface area contributed by atoms with E-state index in [0.717, 1.165) is 16.0 Å². The van der Waals surface area contributed by atoms with Crippen LogP contribution < -0.4 is 10.5 Å². The molecule has 0 unspecified atom stereocenters.